The fourth-order valence-corrected chi connectivity index (χ4v) is 6.04. The van der Waals surface area contributed by atoms with E-state index < -0.39 is 0 Å². The number of unbranched alkanes of at least 4 members (excludes halogenated alkanes) is 2. The van der Waals surface area contributed by atoms with Crippen molar-refractivity contribution in [2.75, 3.05) is 19.8 Å². The summed E-state index contributed by atoms with van der Waals surface area (Å²) in [7, 11) is 0. The van der Waals surface area contributed by atoms with Gasteiger partial charge in [-0.05, 0) is 85.5 Å². The molecule has 51 heavy (non-hydrogen) atoms. The molecule has 0 radical (unpaired) electrons. The van der Waals surface area contributed by atoms with Gasteiger partial charge in [0.25, 0.3) is 0 Å². The number of rotatable bonds is 22. The predicted octanol–water partition coefficient (Wildman–Crippen LogP) is 11.3. The number of aromatic nitrogens is 3. The Morgan fingerprint density at radius 1 is 0.529 bits per heavy atom. The molecule has 8 heteroatoms. The molecule has 0 amide bonds. The number of phenols is 2. The molecule has 0 saturated heterocycles. The van der Waals surface area contributed by atoms with E-state index in [1.807, 2.05) is 36.4 Å². The van der Waals surface area contributed by atoms with Gasteiger partial charge in [0.2, 0.25) is 0 Å². The first-order valence-corrected chi connectivity index (χ1v) is 19.2. The Hall–Kier alpha value is -4.33. The van der Waals surface area contributed by atoms with Gasteiger partial charge in [-0.15, -0.1) is 0 Å². The van der Waals surface area contributed by atoms with Crippen molar-refractivity contribution in [1.82, 2.24) is 15.0 Å². The lowest BCUT2D eigenvalue weighted by atomic mass is 10.0. The summed E-state index contributed by atoms with van der Waals surface area (Å²) in [5, 5.41) is 22.4. The van der Waals surface area contributed by atoms with Gasteiger partial charge < -0.3 is 24.4 Å². The molecule has 0 spiro atoms. The van der Waals surface area contributed by atoms with Crippen molar-refractivity contribution in [1.29, 1.82) is 0 Å². The van der Waals surface area contributed by atoms with Crippen molar-refractivity contribution in [3.05, 3.63) is 60.7 Å². The third kappa shape index (κ3) is 11.9. The molecule has 4 aromatic rings. The highest BCUT2D eigenvalue weighted by Crippen LogP contribution is 2.36. The number of benzene rings is 3. The van der Waals surface area contributed by atoms with Gasteiger partial charge in [0.1, 0.15) is 28.7 Å². The van der Waals surface area contributed by atoms with Crippen LogP contribution in [0.2, 0.25) is 0 Å². The van der Waals surface area contributed by atoms with Crippen LogP contribution in [0.3, 0.4) is 0 Å². The van der Waals surface area contributed by atoms with Crippen LogP contribution in [-0.2, 0) is 0 Å². The summed E-state index contributed by atoms with van der Waals surface area (Å²) < 4.78 is 18.2. The molecular weight excluding hydrogens is 638 g/mol. The molecule has 0 aliphatic rings. The zero-order chi connectivity index (χ0) is 36.6. The third-order valence-corrected chi connectivity index (χ3v) is 9.54. The van der Waals surface area contributed by atoms with Crippen LogP contribution in [0.15, 0.2) is 60.7 Å². The average Bonchev–Trinajstić information content (AvgIpc) is 3.15. The van der Waals surface area contributed by atoms with E-state index >= 15 is 0 Å². The van der Waals surface area contributed by atoms with Gasteiger partial charge in [-0.25, -0.2) is 15.0 Å². The van der Waals surface area contributed by atoms with E-state index in [2.05, 4.69) is 41.5 Å². The summed E-state index contributed by atoms with van der Waals surface area (Å²) in [4.78, 5) is 14.4. The number of hydrogen-bond acceptors (Lipinski definition) is 8. The third-order valence-electron chi connectivity index (χ3n) is 9.54. The van der Waals surface area contributed by atoms with Crippen LogP contribution in [0.5, 0.6) is 28.7 Å². The molecule has 276 valence electrons. The van der Waals surface area contributed by atoms with Crippen molar-refractivity contribution in [3.8, 4) is 62.9 Å². The summed E-state index contributed by atoms with van der Waals surface area (Å²) >= 11 is 0. The van der Waals surface area contributed by atoms with Gasteiger partial charge in [0.05, 0.1) is 30.9 Å². The van der Waals surface area contributed by atoms with Crippen LogP contribution >= 0.6 is 0 Å². The topological polar surface area (TPSA) is 107 Å². The smallest absolute Gasteiger partial charge is 0.167 e. The molecule has 8 nitrogen and oxygen atoms in total. The SMILES string of the molecule is CCCCC(C)COc1ccc(-c2nc(-c3ccc(OCC(CC)CCC)cc3O)nc(-c3ccc(OCC(CC)CCCC)cc3O)n2)cc1. The van der Waals surface area contributed by atoms with Crippen LogP contribution in [-0.4, -0.2) is 45.0 Å². The highest BCUT2D eigenvalue weighted by Gasteiger charge is 2.19. The second-order valence-electron chi connectivity index (χ2n) is 13.8. The lowest BCUT2D eigenvalue weighted by molar-refractivity contribution is 0.232. The second-order valence-corrected chi connectivity index (χ2v) is 13.8. The lowest BCUT2D eigenvalue weighted by Crippen LogP contribution is -2.11. The van der Waals surface area contributed by atoms with Gasteiger partial charge in [0.15, 0.2) is 17.5 Å². The van der Waals surface area contributed by atoms with Crippen LogP contribution in [0.4, 0.5) is 0 Å². The average molecular weight is 698 g/mol. The second kappa shape index (κ2) is 20.5. The normalized spacial score (nSPS) is 13.1. The maximum atomic E-state index is 11.2. The van der Waals surface area contributed by atoms with E-state index in [1.165, 1.54) is 19.3 Å². The van der Waals surface area contributed by atoms with E-state index in [4.69, 9.17) is 29.2 Å². The molecule has 0 aliphatic heterocycles. The van der Waals surface area contributed by atoms with E-state index in [0.29, 0.717) is 66.0 Å². The fraction of sp³-hybridized carbons (Fsp3) is 0.512. The summed E-state index contributed by atoms with van der Waals surface area (Å²) in [6.07, 6.45) is 11.3. The van der Waals surface area contributed by atoms with Crippen LogP contribution in [0.1, 0.15) is 106 Å². The minimum atomic E-state index is 0.00148. The van der Waals surface area contributed by atoms with Gasteiger partial charge in [-0.2, -0.15) is 0 Å². The molecule has 3 aromatic carbocycles. The number of hydrogen-bond donors (Lipinski definition) is 2. The Balaban J connectivity index is 1.65. The largest absolute Gasteiger partial charge is 0.507 e. The Kier molecular flexibility index (Phi) is 15.9. The molecule has 1 aromatic heterocycles. The van der Waals surface area contributed by atoms with Gasteiger partial charge in [-0.1, -0.05) is 86.5 Å². The minimum absolute atomic E-state index is 0.00148. The molecule has 3 atom stereocenters. The van der Waals surface area contributed by atoms with Crippen LogP contribution in [0.25, 0.3) is 34.2 Å². The Morgan fingerprint density at radius 2 is 1.00 bits per heavy atom. The first-order chi connectivity index (χ1) is 24.8. The fourth-order valence-electron chi connectivity index (χ4n) is 6.04. The molecule has 4 rings (SSSR count). The zero-order valence-corrected chi connectivity index (χ0v) is 31.7. The van der Waals surface area contributed by atoms with E-state index in [-0.39, 0.29) is 23.1 Å². The van der Waals surface area contributed by atoms with Crippen molar-refractivity contribution in [2.24, 2.45) is 17.8 Å². The van der Waals surface area contributed by atoms with Crippen molar-refractivity contribution < 1.29 is 24.4 Å². The predicted molar refractivity (Wildman–Crippen MR) is 207 cm³/mol. The van der Waals surface area contributed by atoms with Crippen LogP contribution < -0.4 is 14.2 Å². The van der Waals surface area contributed by atoms with Gasteiger partial charge >= 0.3 is 0 Å². The Morgan fingerprint density at radius 3 is 1.49 bits per heavy atom. The highest BCUT2D eigenvalue weighted by molar-refractivity contribution is 5.73. The molecule has 0 bridgehead atoms. The number of phenolic OH excluding ortho intramolecular Hbond substituents is 2. The maximum Gasteiger partial charge on any atom is 0.167 e. The maximum absolute atomic E-state index is 11.2. The molecule has 0 aliphatic carbocycles. The molecule has 0 saturated carbocycles. The van der Waals surface area contributed by atoms with Gasteiger partial charge in [0, 0.05) is 17.7 Å². The quantitative estimate of drug-likeness (QED) is 0.0835. The summed E-state index contributed by atoms with van der Waals surface area (Å²) in [5.74, 6) is 4.35. The first kappa shape index (κ1) is 39.5. The van der Waals surface area contributed by atoms with Crippen LogP contribution in [0, 0.1) is 17.8 Å². The summed E-state index contributed by atoms with van der Waals surface area (Å²) in [5.41, 5.74) is 1.63. The highest BCUT2D eigenvalue weighted by atomic mass is 16.5. The van der Waals surface area contributed by atoms with Gasteiger partial charge in [-0.3, -0.25) is 0 Å². The van der Waals surface area contributed by atoms with Crippen molar-refractivity contribution in [3.63, 3.8) is 0 Å². The molecule has 0 fully saturated rings. The molecule has 3 unspecified atom stereocenters. The van der Waals surface area contributed by atoms with Crippen molar-refractivity contribution >= 4 is 0 Å². The molecular formula is C43H59N3O5. The standard InChI is InChI=1S/C43H59N3O5/c1-7-12-15-30(6)27-49-34-19-17-33(18-20-34)41-44-42(37-23-21-35(25-39(37)47)50-28-31(10-4)14-9-3)46-43(45-41)38-24-22-36(26-40(38)48)51-29-32(11-5)16-13-8-2/h17-26,30-32,47-48H,7-16,27-29H2,1-6H3. The lowest BCUT2D eigenvalue weighted by Gasteiger charge is -2.16. The number of ether oxygens (including phenoxy) is 3. The number of aromatic hydroxyl groups is 2. The van der Waals surface area contributed by atoms with E-state index in [0.717, 1.165) is 56.3 Å². The van der Waals surface area contributed by atoms with Crippen molar-refractivity contribution in [2.45, 2.75) is 106 Å². The minimum Gasteiger partial charge on any atom is -0.507 e. The Labute approximate surface area is 305 Å². The summed E-state index contributed by atoms with van der Waals surface area (Å²) in [6, 6.07) is 18.1. The monoisotopic (exact) mass is 697 g/mol. The number of nitrogens with zero attached hydrogens (tertiary/aromatic N) is 3. The molecule has 1 heterocycles. The van der Waals surface area contributed by atoms with E-state index in [9.17, 15) is 10.2 Å². The van der Waals surface area contributed by atoms with E-state index in [1.54, 1.807) is 24.3 Å². The first-order valence-electron chi connectivity index (χ1n) is 19.2. The molecule has 2 N–H and O–H groups in total. The summed E-state index contributed by atoms with van der Waals surface area (Å²) in [6.45, 7) is 15.0. The Bertz CT molecular complexity index is 1630. The zero-order valence-electron chi connectivity index (χ0n) is 31.7.